The summed E-state index contributed by atoms with van der Waals surface area (Å²) in [6, 6.07) is 8.19. The van der Waals surface area contributed by atoms with E-state index in [0.29, 0.717) is 6.42 Å². The minimum atomic E-state index is -0.740. The van der Waals surface area contributed by atoms with Crippen LogP contribution in [0.4, 0.5) is 0 Å². The van der Waals surface area contributed by atoms with Crippen molar-refractivity contribution in [3.8, 4) is 0 Å². The normalized spacial score (nSPS) is 10.9. The molecule has 0 amide bonds. The number of hydrogen-bond acceptors (Lipinski definition) is 1. The van der Waals surface area contributed by atoms with E-state index in [-0.39, 0.29) is 6.42 Å². The largest absolute Gasteiger partial charge is 0.481 e. The molecule has 2 aromatic rings. The van der Waals surface area contributed by atoms with Crippen molar-refractivity contribution in [2.45, 2.75) is 32.7 Å². The highest BCUT2D eigenvalue weighted by molar-refractivity contribution is 5.83. The molecule has 1 heterocycles. The van der Waals surface area contributed by atoms with Gasteiger partial charge in [0.05, 0.1) is 5.52 Å². The van der Waals surface area contributed by atoms with Crippen molar-refractivity contribution in [2.75, 3.05) is 0 Å². The van der Waals surface area contributed by atoms with Gasteiger partial charge in [0.15, 0.2) is 0 Å². The summed E-state index contributed by atoms with van der Waals surface area (Å²) in [4.78, 5) is 10.7. The van der Waals surface area contributed by atoms with E-state index in [0.717, 1.165) is 18.5 Å². The van der Waals surface area contributed by atoms with E-state index in [9.17, 15) is 4.79 Å². The van der Waals surface area contributed by atoms with E-state index >= 15 is 0 Å². The molecule has 0 atom stereocenters. The van der Waals surface area contributed by atoms with Gasteiger partial charge in [-0.05, 0) is 29.9 Å². The average Bonchev–Trinajstić information content (AvgIpc) is 2.71. The third-order valence-electron chi connectivity index (χ3n) is 2.94. The molecular weight excluding hydrogens is 214 g/mol. The molecule has 1 N–H and O–H groups in total. The van der Waals surface area contributed by atoms with Crippen molar-refractivity contribution in [3.05, 3.63) is 36.0 Å². The molecule has 0 aliphatic rings. The fourth-order valence-electron chi connectivity index (χ4n) is 2.21. The zero-order valence-electron chi connectivity index (χ0n) is 10.0. The number of para-hydroxylation sites is 1. The fourth-order valence-corrected chi connectivity index (χ4v) is 2.21. The Kier molecular flexibility index (Phi) is 3.47. The summed E-state index contributed by atoms with van der Waals surface area (Å²) in [7, 11) is 0. The van der Waals surface area contributed by atoms with Gasteiger partial charge in [0.1, 0.15) is 0 Å². The topological polar surface area (TPSA) is 42.2 Å². The SMILES string of the molecule is CCCn1ccc2cccc(CCC(=O)O)c21. The number of fused-ring (bicyclic) bond motifs is 1. The van der Waals surface area contributed by atoms with Gasteiger partial charge in [0.25, 0.3) is 0 Å². The summed E-state index contributed by atoms with van der Waals surface area (Å²) in [5.74, 6) is -0.740. The quantitative estimate of drug-likeness (QED) is 0.859. The zero-order chi connectivity index (χ0) is 12.3. The molecule has 0 radical (unpaired) electrons. The Morgan fingerprint density at radius 3 is 2.88 bits per heavy atom. The van der Waals surface area contributed by atoms with Crippen molar-refractivity contribution in [3.63, 3.8) is 0 Å². The second-order valence-electron chi connectivity index (χ2n) is 4.26. The maximum absolute atomic E-state index is 10.7. The molecule has 17 heavy (non-hydrogen) atoms. The molecule has 0 unspecified atom stereocenters. The van der Waals surface area contributed by atoms with Crippen molar-refractivity contribution in [2.24, 2.45) is 0 Å². The number of aliphatic carboxylic acids is 1. The Hall–Kier alpha value is -1.77. The van der Waals surface area contributed by atoms with Gasteiger partial charge >= 0.3 is 5.97 Å². The van der Waals surface area contributed by atoms with Gasteiger partial charge in [-0.15, -0.1) is 0 Å². The van der Waals surface area contributed by atoms with Crippen LogP contribution in [0.2, 0.25) is 0 Å². The summed E-state index contributed by atoms with van der Waals surface area (Å²) in [6.45, 7) is 3.12. The number of carbonyl (C=O) groups is 1. The van der Waals surface area contributed by atoms with Crippen LogP contribution in [0.3, 0.4) is 0 Å². The fraction of sp³-hybridized carbons (Fsp3) is 0.357. The Labute approximate surface area is 101 Å². The first-order valence-electron chi connectivity index (χ1n) is 6.01. The maximum Gasteiger partial charge on any atom is 0.303 e. The van der Waals surface area contributed by atoms with Gasteiger partial charge in [-0.2, -0.15) is 0 Å². The number of hydrogen-bond donors (Lipinski definition) is 1. The van der Waals surface area contributed by atoms with Crippen LogP contribution in [0.1, 0.15) is 25.3 Å². The van der Waals surface area contributed by atoms with E-state index in [1.807, 2.05) is 12.1 Å². The summed E-state index contributed by atoms with van der Waals surface area (Å²) in [6.07, 6.45) is 3.95. The van der Waals surface area contributed by atoms with Crippen LogP contribution in [-0.2, 0) is 17.8 Å². The Morgan fingerprint density at radius 1 is 1.35 bits per heavy atom. The van der Waals surface area contributed by atoms with Crippen molar-refractivity contribution in [1.82, 2.24) is 4.57 Å². The summed E-state index contributed by atoms with van der Waals surface area (Å²) in [5.41, 5.74) is 2.32. The van der Waals surface area contributed by atoms with Gasteiger partial charge in [-0.3, -0.25) is 4.79 Å². The van der Waals surface area contributed by atoms with Gasteiger partial charge in [0, 0.05) is 19.2 Å². The standard InChI is InChI=1S/C14H17NO2/c1-2-9-15-10-8-12-5-3-4-11(14(12)15)6-7-13(16)17/h3-5,8,10H,2,6-7,9H2,1H3,(H,16,17). The van der Waals surface area contributed by atoms with Crippen molar-refractivity contribution >= 4 is 16.9 Å². The van der Waals surface area contributed by atoms with Gasteiger partial charge in [0.2, 0.25) is 0 Å². The number of aryl methyl sites for hydroxylation is 2. The molecular formula is C14H17NO2. The van der Waals surface area contributed by atoms with Crippen LogP contribution < -0.4 is 0 Å². The molecule has 90 valence electrons. The minimum absolute atomic E-state index is 0.191. The summed E-state index contributed by atoms with van der Waals surface area (Å²) >= 11 is 0. The molecule has 0 fully saturated rings. The first-order chi connectivity index (χ1) is 8.22. The second kappa shape index (κ2) is 5.04. The molecule has 0 aliphatic heterocycles. The minimum Gasteiger partial charge on any atom is -0.481 e. The Balaban J connectivity index is 2.39. The highest BCUT2D eigenvalue weighted by Crippen LogP contribution is 2.21. The molecule has 1 aromatic heterocycles. The summed E-state index contributed by atoms with van der Waals surface area (Å²) in [5, 5.41) is 9.96. The molecule has 0 saturated carbocycles. The van der Waals surface area contributed by atoms with E-state index in [1.165, 1.54) is 10.9 Å². The third kappa shape index (κ3) is 2.49. The van der Waals surface area contributed by atoms with Gasteiger partial charge in [-0.25, -0.2) is 0 Å². The van der Waals surface area contributed by atoms with E-state index in [2.05, 4.69) is 29.8 Å². The van der Waals surface area contributed by atoms with Crippen LogP contribution in [0.15, 0.2) is 30.5 Å². The number of benzene rings is 1. The first kappa shape index (κ1) is 11.7. The molecule has 3 nitrogen and oxygen atoms in total. The molecule has 0 bridgehead atoms. The van der Waals surface area contributed by atoms with Crippen molar-refractivity contribution in [1.29, 1.82) is 0 Å². The molecule has 0 spiro atoms. The Bertz CT molecular complexity index is 528. The number of aromatic nitrogens is 1. The molecule has 0 saturated heterocycles. The van der Waals surface area contributed by atoms with Crippen LogP contribution in [0.5, 0.6) is 0 Å². The van der Waals surface area contributed by atoms with Gasteiger partial charge in [-0.1, -0.05) is 25.1 Å². The van der Waals surface area contributed by atoms with Gasteiger partial charge < -0.3 is 9.67 Å². The summed E-state index contributed by atoms with van der Waals surface area (Å²) < 4.78 is 2.21. The molecule has 1 aromatic carbocycles. The molecule has 2 rings (SSSR count). The number of nitrogens with zero attached hydrogens (tertiary/aromatic N) is 1. The van der Waals surface area contributed by atoms with Crippen LogP contribution in [-0.4, -0.2) is 15.6 Å². The number of carboxylic acid groups (broad SMARTS) is 1. The van der Waals surface area contributed by atoms with Crippen LogP contribution >= 0.6 is 0 Å². The van der Waals surface area contributed by atoms with Crippen LogP contribution in [0.25, 0.3) is 10.9 Å². The lowest BCUT2D eigenvalue weighted by Gasteiger charge is -2.08. The molecule has 3 heteroatoms. The molecule has 0 aliphatic carbocycles. The third-order valence-corrected chi connectivity index (χ3v) is 2.94. The predicted octanol–water partition coefficient (Wildman–Crippen LogP) is 3.07. The first-order valence-corrected chi connectivity index (χ1v) is 6.01. The van der Waals surface area contributed by atoms with Crippen LogP contribution in [0, 0.1) is 0 Å². The van der Waals surface area contributed by atoms with E-state index < -0.39 is 5.97 Å². The lowest BCUT2D eigenvalue weighted by Crippen LogP contribution is -2.01. The number of carboxylic acids is 1. The highest BCUT2D eigenvalue weighted by atomic mass is 16.4. The predicted molar refractivity (Wildman–Crippen MR) is 68.2 cm³/mol. The zero-order valence-corrected chi connectivity index (χ0v) is 10.0. The van der Waals surface area contributed by atoms with E-state index in [4.69, 9.17) is 5.11 Å². The Morgan fingerprint density at radius 2 is 2.18 bits per heavy atom. The van der Waals surface area contributed by atoms with E-state index in [1.54, 1.807) is 0 Å². The van der Waals surface area contributed by atoms with Crippen molar-refractivity contribution < 1.29 is 9.90 Å². The second-order valence-corrected chi connectivity index (χ2v) is 4.26. The number of rotatable bonds is 5. The average molecular weight is 231 g/mol. The lowest BCUT2D eigenvalue weighted by atomic mass is 10.1. The highest BCUT2D eigenvalue weighted by Gasteiger charge is 2.07. The lowest BCUT2D eigenvalue weighted by molar-refractivity contribution is -0.136. The smallest absolute Gasteiger partial charge is 0.303 e. The monoisotopic (exact) mass is 231 g/mol. The maximum atomic E-state index is 10.7.